The number of carboxylic acid groups (broad SMARTS) is 1. The normalized spacial score (nSPS) is 10.5. The molecule has 0 radical (unpaired) electrons. The molecule has 21 heavy (non-hydrogen) atoms. The quantitative estimate of drug-likeness (QED) is 0.742. The number of aromatic nitrogens is 1. The van der Waals surface area contributed by atoms with E-state index in [1.807, 2.05) is 20.8 Å². The average Bonchev–Trinajstić information content (AvgIpc) is 2.49. The van der Waals surface area contributed by atoms with E-state index in [-0.39, 0.29) is 23.1 Å². The van der Waals surface area contributed by atoms with Crippen molar-refractivity contribution >= 4 is 11.9 Å². The van der Waals surface area contributed by atoms with Crippen LogP contribution < -0.4 is 4.74 Å². The van der Waals surface area contributed by atoms with Crippen LogP contribution in [0.4, 0.5) is 0 Å². The van der Waals surface area contributed by atoms with Crippen LogP contribution in [0.1, 0.15) is 60.9 Å². The van der Waals surface area contributed by atoms with Crippen molar-refractivity contribution in [2.45, 2.75) is 46.1 Å². The van der Waals surface area contributed by atoms with Gasteiger partial charge in [0.2, 0.25) is 0 Å². The molecule has 0 saturated carbocycles. The van der Waals surface area contributed by atoms with Crippen molar-refractivity contribution in [3.05, 3.63) is 23.5 Å². The summed E-state index contributed by atoms with van der Waals surface area (Å²) >= 11 is 0. The summed E-state index contributed by atoms with van der Waals surface area (Å²) in [6.07, 6.45) is 3.22. The zero-order valence-corrected chi connectivity index (χ0v) is 12.6. The maximum absolute atomic E-state index is 12.0. The van der Waals surface area contributed by atoms with Crippen molar-refractivity contribution in [3.8, 4) is 5.75 Å². The first-order valence-corrected chi connectivity index (χ1v) is 7.10. The average molecular weight is 295 g/mol. The molecule has 0 aliphatic heterocycles. The van der Waals surface area contributed by atoms with Gasteiger partial charge in [0.1, 0.15) is 6.10 Å². The van der Waals surface area contributed by atoms with Crippen LogP contribution in [0.15, 0.2) is 12.3 Å². The van der Waals surface area contributed by atoms with Gasteiger partial charge in [0.05, 0.1) is 12.2 Å². The number of carbonyl (C=O) groups is 2. The molecule has 0 spiro atoms. The van der Waals surface area contributed by atoms with E-state index in [1.165, 1.54) is 12.3 Å². The third-order valence-corrected chi connectivity index (χ3v) is 2.94. The summed E-state index contributed by atoms with van der Waals surface area (Å²) < 4.78 is 10.7. The summed E-state index contributed by atoms with van der Waals surface area (Å²) in [5.41, 5.74) is -0.0134. The predicted octanol–water partition coefficient (Wildman–Crippen LogP) is 2.91. The summed E-state index contributed by atoms with van der Waals surface area (Å²) in [6, 6.07) is 1.37. The van der Waals surface area contributed by atoms with Crippen LogP contribution >= 0.6 is 0 Å². The Labute approximate surface area is 124 Å². The number of esters is 1. The first-order valence-electron chi connectivity index (χ1n) is 7.10. The summed E-state index contributed by atoms with van der Waals surface area (Å²) in [6.45, 7) is 6.12. The Morgan fingerprint density at radius 3 is 2.48 bits per heavy atom. The third kappa shape index (κ3) is 4.73. The highest BCUT2D eigenvalue weighted by molar-refractivity contribution is 5.93. The second-order valence-electron chi connectivity index (χ2n) is 4.57. The minimum Gasteiger partial charge on any atom is -0.491 e. The van der Waals surface area contributed by atoms with Gasteiger partial charge in [-0.1, -0.05) is 20.8 Å². The molecule has 6 nitrogen and oxygen atoms in total. The van der Waals surface area contributed by atoms with E-state index >= 15 is 0 Å². The van der Waals surface area contributed by atoms with E-state index in [2.05, 4.69) is 4.98 Å². The van der Waals surface area contributed by atoms with Gasteiger partial charge in [0.15, 0.2) is 11.4 Å². The van der Waals surface area contributed by atoms with Gasteiger partial charge in [-0.15, -0.1) is 0 Å². The lowest BCUT2D eigenvalue weighted by atomic mass is 10.2. The van der Waals surface area contributed by atoms with Gasteiger partial charge in [-0.05, 0) is 25.3 Å². The largest absolute Gasteiger partial charge is 0.491 e. The fourth-order valence-electron chi connectivity index (χ4n) is 1.71. The molecule has 116 valence electrons. The molecule has 0 fully saturated rings. The van der Waals surface area contributed by atoms with Crippen molar-refractivity contribution in [2.75, 3.05) is 6.61 Å². The van der Waals surface area contributed by atoms with Crippen molar-refractivity contribution in [1.29, 1.82) is 0 Å². The van der Waals surface area contributed by atoms with Crippen molar-refractivity contribution in [3.63, 3.8) is 0 Å². The monoisotopic (exact) mass is 295 g/mol. The Kier molecular flexibility index (Phi) is 6.65. The lowest BCUT2D eigenvalue weighted by Crippen LogP contribution is -2.17. The number of hydrogen-bond donors (Lipinski definition) is 1. The molecule has 0 unspecified atom stereocenters. The van der Waals surface area contributed by atoms with Crippen molar-refractivity contribution < 1.29 is 24.2 Å². The Morgan fingerprint density at radius 2 is 1.95 bits per heavy atom. The molecule has 0 aliphatic carbocycles. The minimum absolute atomic E-state index is 0.0864. The van der Waals surface area contributed by atoms with Gasteiger partial charge >= 0.3 is 11.9 Å². The number of carboxylic acids is 1. The van der Waals surface area contributed by atoms with Crippen LogP contribution in [-0.4, -0.2) is 34.7 Å². The highest BCUT2D eigenvalue weighted by Gasteiger charge is 2.19. The van der Waals surface area contributed by atoms with Gasteiger partial charge in [-0.3, -0.25) is 0 Å². The maximum Gasteiger partial charge on any atom is 0.358 e. The summed E-state index contributed by atoms with van der Waals surface area (Å²) in [7, 11) is 0. The number of pyridine rings is 1. The lowest BCUT2D eigenvalue weighted by Gasteiger charge is -2.14. The fourth-order valence-corrected chi connectivity index (χ4v) is 1.71. The van der Waals surface area contributed by atoms with E-state index in [1.54, 1.807) is 0 Å². The Hall–Kier alpha value is -2.11. The van der Waals surface area contributed by atoms with E-state index in [9.17, 15) is 9.59 Å². The Bertz CT molecular complexity index is 497. The zero-order valence-electron chi connectivity index (χ0n) is 12.6. The number of rotatable bonds is 8. The number of carbonyl (C=O) groups excluding carboxylic acids is 1. The van der Waals surface area contributed by atoms with Crippen LogP contribution in [0.2, 0.25) is 0 Å². The van der Waals surface area contributed by atoms with Crippen LogP contribution in [0.5, 0.6) is 5.75 Å². The van der Waals surface area contributed by atoms with E-state index < -0.39 is 11.9 Å². The minimum atomic E-state index is -1.19. The lowest BCUT2D eigenvalue weighted by molar-refractivity contribution is 0.0282. The third-order valence-electron chi connectivity index (χ3n) is 2.94. The molecule has 0 aromatic carbocycles. The van der Waals surface area contributed by atoms with E-state index in [0.29, 0.717) is 6.61 Å². The molecule has 0 atom stereocenters. The number of aromatic carboxylic acids is 1. The summed E-state index contributed by atoms with van der Waals surface area (Å²) in [5, 5.41) is 9.06. The van der Waals surface area contributed by atoms with Gasteiger partial charge in [0, 0.05) is 6.20 Å². The summed E-state index contributed by atoms with van der Waals surface area (Å²) in [5.74, 6) is -1.63. The van der Waals surface area contributed by atoms with Crippen LogP contribution in [-0.2, 0) is 4.74 Å². The van der Waals surface area contributed by atoms with E-state index in [4.69, 9.17) is 14.6 Å². The van der Waals surface area contributed by atoms with E-state index in [0.717, 1.165) is 19.3 Å². The zero-order chi connectivity index (χ0) is 15.8. The first-order chi connectivity index (χ1) is 10.0. The second-order valence-corrected chi connectivity index (χ2v) is 4.57. The molecule has 1 heterocycles. The smallest absolute Gasteiger partial charge is 0.358 e. The highest BCUT2D eigenvalue weighted by atomic mass is 16.5. The number of hydrogen-bond acceptors (Lipinski definition) is 5. The molecule has 1 rings (SSSR count). The first kappa shape index (κ1) is 16.9. The molecule has 6 heteroatoms. The van der Waals surface area contributed by atoms with Crippen LogP contribution in [0.25, 0.3) is 0 Å². The molecular weight excluding hydrogens is 274 g/mol. The molecule has 1 aromatic rings. The molecule has 1 N–H and O–H groups in total. The molecule has 0 saturated heterocycles. The molecule has 0 aliphatic rings. The fraction of sp³-hybridized carbons (Fsp3) is 0.533. The molecule has 0 amide bonds. The topological polar surface area (TPSA) is 85.7 Å². The number of nitrogens with zero attached hydrogens (tertiary/aromatic N) is 1. The van der Waals surface area contributed by atoms with Gasteiger partial charge in [-0.2, -0.15) is 0 Å². The molecule has 0 bridgehead atoms. The Balaban J connectivity index is 2.98. The number of ether oxygens (including phenoxy) is 2. The van der Waals surface area contributed by atoms with Gasteiger partial charge < -0.3 is 14.6 Å². The van der Waals surface area contributed by atoms with Crippen LogP contribution in [0, 0.1) is 0 Å². The predicted molar refractivity (Wildman–Crippen MR) is 76.8 cm³/mol. The SMILES string of the molecule is CCCOc1cc(C(=O)OC(CC)CC)cnc1C(=O)O. The Morgan fingerprint density at radius 1 is 1.29 bits per heavy atom. The van der Waals surface area contributed by atoms with Crippen molar-refractivity contribution in [1.82, 2.24) is 4.98 Å². The van der Waals surface area contributed by atoms with Gasteiger partial charge in [0.25, 0.3) is 0 Å². The maximum atomic E-state index is 12.0. The highest BCUT2D eigenvalue weighted by Crippen LogP contribution is 2.20. The van der Waals surface area contributed by atoms with Gasteiger partial charge in [-0.25, -0.2) is 14.6 Å². The van der Waals surface area contributed by atoms with Crippen LogP contribution in [0.3, 0.4) is 0 Å². The van der Waals surface area contributed by atoms with Crippen molar-refractivity contribution in [2.24, 2.45) is 0 Å². The molecular formula is C15H21NO5. The molecule has 1 aromatic heterocycles. The second kappa shape index (κ2) is 8.24. The standard InChI is InChI=1S/C15H21NO5/c1-4-7-20-12-8-10(9-16-13(12)14(17)18)15(19)21-11(5-2)6-3/h8-9,11H,4-7H2,1-3H3,(H,17,18). The summed E-state index contributed by atoms with van der Waals surface area (Å²) in [4.78, 5) is 26.9.